The summed E-state index contributed by atoms with van der Waals surface area (Å²) in [6.07, 6.45) is 1.24. The number of rotatable bonds is 6. The predicted octanol–water partition coefficient (Wildman–Crippen LogP) is 3.13. The molecule has 0 aliphatic carbocycles. The van der Waals surface area contributed by atoms with Crippen molar-refractivity contribution in [2.24, 2.45) is 5.10 Å². The van der Waals surface area contributed by atoms with Gasteiger partial charge in [0, 0.05) is 11.6 Å². The van der Waals surface area contributed by atoms with Gasteiger partial charge < -0.3 is 9.84 Å². The highest BCUT2D eigenvalue weighted by Crippen LogP contribution is 2.30. The van der Waals surface area contributed by atoms with Crippen molar-refractivity contribution < 1.29 is 19.6 Å². The number of phenolic OH excluding ortho intramolecular Hbond substituents is 1. The number of amides is 1. The quantitative estimate of drug-likeness (QED) is 0.460. The monoisotopic (exact) mass is 371 g/mol. The minimum atomic E-state index is -0.703. The van der Waals surface area contributed by atoms with Crippen molar-refractivity contribution in [1.82, 2.24) is 5.43 Å². The van der Waals surface area contributed by atoms with Gasteiger partial charge in [-0.3, -0.25) is 14.9 Å². The molecule has 0 heterocycles. The van der Waals surface area contributed by atoms with Crippen molar-refractivity contribution in [3.63, 3.8) is 0 Å². The average Bonchev–Trinajstić information content (AvgIpc) is 2.60. The molecular weight excluding hydrogens is 350 g/mol. The van der Waals surface area contributed by atoms with Crippen molar-refractivity contribution in [2.75, 3.05) is 6.61 Å². The van der Waals surface area contributed by atoms with E-state index in [1.807, 2.05) is 18.2 Å². The molecule has 0 radical (unpaired) electrons. The molecule has 2 aromatic carbocycles. The molecule has 8 heteroatoms. The van der Waals surface area contributed by atoms with Gasteiger partial charge in [-0.05, 0) is 29.2 Å². The molecule has 0 aliphatic heterocycles. The maximum Gasteiger partial charge on any atom is 0.311 e. The van der Waals surface area contributed by atoms with Crippen LogP contribution >= 0.6 is 0 Å². The predicted molar refractivity (Wildman–Crippen MR) is 101 cm³/mol. The van der Waals surface area contributed by atoms with E-state index in [2.05, 4.69) is 31.3 Å². The first-order valence-corrected chi connectivity index (χ1v) is 8.20. The molecule has 0 aromatic heterocycles. The molecule has 2 aromatic rings. The summed E-state index contributed by atoms with van der Waals surface area (Å²) in [4.78, 5) is 22.0. The van der Waals surface area contributed by atoms with Gasteiger partial charge in [-0.1, -0.05) is 39.0 Å². The summed E-state index contributed by atoms with van der Waals surface area (Å²) >= 11 is 0. The Morgan fingerprint density at radius 2 is 2.00 bits per heavy atom. The van der Waals surface area contributed by atoms with Gasteiger partial charge in [-0.2, -0.15) is 5.10 Å². The first-order valence-electron chi connectivity index (χ1n) is 8.20. The molecule has 0 aliphatic rings. The fraction of sp³-hybridized carbons (Fsp3) is 0.263. The molecule has 1 amide bonds. The Balaban J connectivity index is 1.95. The minimum Gasteiger partial charge on any atom is -0.502 e. The number of hydrogen-bond acceptors (Lipinski definition) is 6. The second kappa shape index (κ2) is 8.31. The molecule has 0 unspecified atom stereocenters. The maximum atomic E-state index is 11.9. The lowest BCUT2D eigenvalue weighted by Crippen LogP contribution is -2.25. The van der Waals surface area contributed by atoms with Crippen LogP contribution in [0.1, 0.15) is 31.9 Å². The number of hydrogen-bond donors (Lipinski definition) is 2. The van der Waals surface area contributed by atoms with Crippen molar-refractivity contribution in [2.45, 2.75) is 26.2 Å². The van der Waals surface area contributed by atoms with Gasteiger partial charge in [-0.25, -0.2) is 5.43 Å². The lowest BCUT2D eigenvalue weighted by molar-refractivity contribution is -0.385. The molecule has 0 atom stereocenters. The SMILES string of the molecule is CC(C)(C)c1ccccc1OCC(=O)N/N=C/c1ccc(O)c([N+](=O)[O-])c1. The van der Waals surface area contributed by atoms with Crippen LogP contribution in [0, 0.1) is 10.1 Å². The molecule has 8 nitrogen and oxygen atoms in total. The summed E-state index contributed by atoms with van der Waals surface area (Å²) in [7, 11) is 0. The van der Waals surface area contributed by atoms with E-state index in [1.54, 1.807) is 6.07 Å². The number of nitrogens with one attached hydrogen (secondary N) is 1. The molecule has 27 heavy (non-hydrogen) atoms. The summed E-state index contributed by atoms with van der Waals surface area (Å²) in [5.41, 5.74) is 3.08. The Morgan fingerprint density at radius 3 is 2.67 bits per heavy atom. The second-order valence-corrected chi connectivity index (χ2v) is 6.83. The second-order valence-electron chi connectivity index (χ2n) is 6.83. The van der Waals surface area contributed by atoms with Crippen molar-refractivity contribution >= 4 is 17.8 Å². The summed E-state index contributed by atoms with van der Waals surface area (Å²) < 4.78 is 5.59. The van der Waals surface area contributed by atoms with E-state index in [0.717, 1.165) is 11.6 Å². The van der Waals surface area contributed by atoms with Gasteiger partial charge in [0.25, 0.3) is 5.91 Å². The van der Waals surface area contributed by atoms with Crippen LogP contribution in [0.25, 0.3) is 0 Å². The largest absolute Gasteiger partial charge is 0.502 e. The van der Waals surface area contributed by atoms with Crippen LogP contribution in [0.4, 0.5) is 5.69 Å². The maximum absolute atomic E-state index is 11.9. The Hall–Kier alpha value is -3.42. The molecule has 142 valence electrons. The molecule has 2 N–H and O–H groups in total. The van der Waals surface area contributed by atoms with Crippen molar-refractivity contribution in [1.29, 1.82) is 0 Å². The van der Waals surface area contributed by atoms with Gasteiger partial charge >= 0.3 is 5.69 Å². The number of carbonyl (C=O) groups excluding carboxylic acids is 1. The Morgan fingerprint density at radius 1 is 1.30 bits per heavy atom. The number of para-hydroxylation sites is 1. The third kappa shape index (κ3) is 5.53. The zero-order valence-electron chi connectivity index (χ0n) is 15.3. The first-order chi connectivity index (χ1) is 12.7. The fourth-order valence-electron chi connectivity index (χ4n) is 2.33. The Labute approximate surface area is 156 Å². The summed E-state index contributed by atoms with van der Waals surface area (Å²) in [6, 6.07) is 11.3. The third-order valence-electron chi connectivity index (χ3n) is 3.65. The van der Waals surface area contributed by atoms with E-state index in [0.29, 0.717) is 11.3 Å². The normalized spacial score (nSPS) is 11.4. The van der Waals surface area contributed by atoms with E-state index < -0.39 is 22.3 Å². The summed E-state index contributed by atoms with van der Waals surface area (Å²) in [5.74, 6) is -0.284. The number of nitro groups is 1. The lowest BCUT2D eigenvalue weighted by atomic mass is 9.86. The zero-order valence-corrected chi connectivity index (χ0v) is 15.3. The Kier molecular flexibility index (Phi) is 6.12. The highest BCUT2D eigenvalue weighted by molar-refractivity contribution is 5.84. The van der Waals surface area contributed by atoms with E-state index in [-0.39, 0.29) is 12.0 Å². The van der Waals surface area contributed by atoms with Gasteiger partial charge in [0.15, 0.2) is 12.4 Å². The van der Waals surface area contributed by atoms with E-state index in [1.165, 1.54) is 18.3 Å². The van der Waals surface area contributed by atoms with Crippen molar-refractivity contribution in [3.8, 4) is 11.5 Å². The smallest absolute Gasteiger partial charge is 0.311 e. The van der Waals surface area contributed by atoms with Gasteiger partial charge in [0.05, 0.1) is 11.1 Å². The average molecular weight is 371 g/mol. The number of carbonyl (C=O) groups is 1. The first kappa shape index (κ1) is 19.9. The van der Waals surface area contributed by atoms with Crippen molar-refractivity contribution in [3.05, 3.63) is 63.7 Å². The van der Waals surface area contributed by atoms with Gasteiger partial charge in [0.1, 0.15) is 5.75 Å². The van der Waals surface area contributed by atoms with Crippen LogP contribution in [0.15, 0.2) is 47.6 Å². The van der Waals surface area contributed by atoms with E-state index in [9.17, 15) is 20.0 Å². The Bertz CT molecular complexity index is 872. The van der Waals surface area contributed by atoms with Crippen LogP contribution < -0.4 is 10.2 Å². The van der Waals surface area contributed by atoms with Crippen LogP contribution in [0.5, 0.6) is 11.5 Å². The number of aromatic hydroxyl groups is 1. The van der Waals surface area contributed by atoms with Crippen LogP contribution in [0.2, 0.25) is 0 Å². The fourth-order valence-corrected chi connectivity index (χ4v) is 2.33. The van der Waals surface area contributed by atoms with E-state index >= 15 is 0 Å². The summed E-state index contributed by atoms with van der Waals surface area (Å²) in [5, 5.41) is 23.9. The molecule has 0 saturated carbocycles. The molecule has 0 saturated heterocycles. The topological polar surface area (TPSA) is 114 Å². The van der Waals surface area contributed by atoms with Crippen LogP contribution in [0.3, 0.4) is 0 Å². The third-order valence-corrected chi connectivity index (χ3v) is 3.65. The highest BCUT2D eigenvalue weighted by atomic mass is 16.6. The lowest BCUT2D eigenvalue weighted by Gasteiger charge is -2.22. The number of benzene rings is 2. The highest BCUT2D eigenvalue weighted by Gasteiger charge is 2.18. The number of hydrazone groups is 1. The minimum absolute atomic E-state index is 0.126. The molecule has 0 fully saturated rings. The summed E-state index contributed by atoms with van der Waals surface area (Å²) in [6.45, 7) is 5.93. The molecule has 0 spiro atoms. The number of phenols is 1. The van der Waals surface area contributed by atoms with Crippen LogP contribution in [-0.4, -0.2) is 28.8 Å². The number of ether oxygens (including phenoxy) is 1. The molecule has 0 bridgehead atoms. The van der Waals surface area contributed by atoms with E-state index in [4.69, 9.17) is 4.74 Å². The van der Waals surface area contributed by atoms with Crippen LogP contribution in [-0.2, 0) is 10.2 Å². The molecular formula is C19H21N3O5. The number of nitro benzene ring substituents is 1. The standard InChI is InChI=1S/C19H21N3O5/c1-19(2,3)14-6-4-5-7-17(14)27-12-18(24)21-20-11-13-8-9-16(23)15(10-13)22(25)26/h4-11,23H,12H2,1-3H3,(H,21,24)/b20-11+. The molecule has 2 rings (SSSR count). The van der Waals surface area contributed by atoms with Gasteiger partial charge in [-0.15, -0.1) is 0 Å². The number of nitrogens with zero attached hydrogens (tertiary/aromatic N) is 2. The zero-order chi connectivity index (χ0) is 20.0. The van der Waals surface area contributed by atoms with Gasteiger partial charge in [0.2, 0.25) is 0 Å².